The second kappa shape index (κ2) is 7.05. The van der Waals surface area contributed by atoms with Gasteiger partial charge in [0.2, 0.25) is 0 Å². The maximum atomic E-state index is 13.5. The highest BCUT2D eigenvalue weighted by molar-refractivity contribution is 7.91. The Kier molecular flexibility index (Phi) is 4.74. The fourth-order valence-corrected chi connectivity index (χ4v) is 5.79. The lowest BCUT2D eigenvalue weighted by molar-refractivity contribution is 0.427. The summed E-state index contributed by atoms with van der Waals surface area (Å²) in [7, 11) is -3.87. The molecular formula is C20H19FN2O2S2. The predicted molar refractivity (Wildman–Crippen MR) is 106 cm³/mol. The third-order valence-electron chi connectivity index (χ3n) is 5.02. The van der Waals surface area contributed by atoms with E-state index in [2.05, 4.69) is 5.32 Å². The van der Waals surface area contributed by atoms with Gasteiger partial charge in [0.05, 0.1) is 10.9 Å². The minimum absolute atomic E-state index is 0.161. The maximum Gasteiger partial charge on any atom is 0.266 e. The van der Waals surface area contributed by atoms with E-state index in [1.165, 1.54) is 16.4 Å². The first-order valence-corrected chi connectivity index (χ1v) is 10.7. The molecule has 1 aliphatic carbocycles. The van der Waals surface area contributed by atoms with Crippen LogP contribution in [0.3, 0.4) is 0 Å². The van der Waals surface area contributed by atoms with Crippen molar-refractivity contribution in [3.63, 3.8) is 0 Å². The zero-order valence-electron chi connectivity index (χ0n) is 14.6. The predicted octanol–water partition coefficient (Wildman–Crippen LogP) is 4.27. The molecule has 1 N–H and O–H groups in total. The van der Waals surface area contributed by atoms with Gasteiger partial charge in [0.15, 0.2) is 5.11 Å². The van der Waals surface area contributed by atoms with Crippen LogP contribution in [0.2, 0.25) is 0 Å². The summed E-state index contributed by atoms with van der Waals surface area (Å²) in [6, 6.07) is 13.7. The molecule has 0 amide bonds. The molecule has 2 aromatic carbocycles. The van der Waals surface area contributed by atoms with E-state index in [1.54, 1.807) is 42.5 Å². The highest BCUT2D eigenvalue weighted by atomic mass is 32.2. The van der Waals surface area contributed by atoms with E-state index in [-0.39, 0.29) is 15.8 Å². The number of sulfonamides is 1. The lowest BCUT2D eigenvalue weighted by atomic mass is 9.86. The zero-order valence-corrected chi connectivity index (χ0v) is 16.2. The first-order chi connectivity index (χ1) is 13.0. The summed E-state index contributed by atoms with van der Waals surface area (Å²) in [4.78, 5) is 0.182. The Balaban J connectivity index is 1.89. The summed E-state index contributed by atoms with van der Waals surface area (Å²) in [5.74, 6) is -0.356. The van der Waals surface area contributed by atoms with Crippen LogP contribution < -0.4 is 5.32 Å². The normalized spacial score (nSPS) is 20.3. The van der Waals surface area contributed by atoms with E-state index in [4.69, 9.17) is 12.2 Å². The fraction of sp³-hybridized carbons (Fsp3) is 0.250. The molecule has 0 aromatic heterocycles. The van der Waals surface area contributed by atoms with Gasteiger partial charge >= 0.3 is 0 Å². The molecule has 4 rings (SSSR count). The van der Waals surface area contributed by atoms with Crippen molar-refractivity contribution in [2.24, 2.45) is 0 Å². The molecule has 27 heavy (non-hydrogen) atoms. The molecule has 1 atom stereocenters. The van der Waals surface area contributed by atoms with Crippen LogP contribution in [0.15, 0.2) is 70.8 Å². The monoisotopic (exact) mass is 402 g/mol. The highest BCUT2D eigenvalue weighted by Gasteiger charge is 2.41. The van der Waals surface area contributed by atoms with Crippen molar-refractivity contribution in [1.82, 2.24) is 9.62 Å². The molecule has 1 aliphatic heterocycles. The first kappa shape index (κ1) is 18.1. The molecule has 0 fully saturated rings. The van der Waals surface area contributed by atoms with Gasteiger partial charge in [-0.1, -0.05) is 30.3 Å². The van der Waals surface area contributed by atoms with Crippen molar-refractivity contribution in [3.05, 3.63) is 77.2 Å². The summed E-state index contributed by atoms with van der Waals surface area (Å²) >= 11 is 5.47. The summed E-state index contributed by atoms with van der Waals surface area (Å²) < 4.78 is 41.6. The van der Waals surface area contributed by atoms with Gasteiger partial charge in [-0.15, -0.1) is 0 Å². The van der Waals surface area contributed by atoms with Crippen LogP contribution in [-0.4, -0.2) is 17.8 Å². The van der Waals surface area contributed by atoms with Gasteiger partial charge in [-0.25, -0.2) is 17.1 Å². The van der Waals surface area contributed by atoms with Crippen molar-refractivity contribution >= 4 is 27.4 Å². The Morgan fingerprint density at radius 2 is 1.67 bits per heavy atom. The molecule has 0 spiro atoms. The van der Waals surface area contributed by atoms with Crippen LogP contribution >= 0.6 is 12.2 Å². The summed E-state index contributed by atoms with van der Waals surface area (Å²) in [5.41, 5.74) is 2.73. The van der Waals surface area contributed by atoms with Gasteiger partial charge in [0.1, 0.15) is 5.82 Å². The van der Waals surface area contributed by atoms with Crippen molar-refractivity contribution in [2.75, 3.05) is 0 Å². The number of nitrogens with one attached hydrogen (secondary N) is 1. The zero-order chi connectivity index (χ0) is 19.0. The van der Waals surface area contributed by atoms with Gasteiger partial charge in [0, 0.05) is 5.70 Å². The topological polar surface area (TPSA) is 49.4 Å². The largest absolute Gasteiger partial charge is 0.335 e. The molecule has 2 aliphatic rings. The number of hydrogen-bond acceptors (Lipinski definition) is 3. The van der Waals surface area contributed by atoms with Crippen LogP contribution in [0, 0.1) is 5.82 Å². The first-order valence-electron chi connectivity index (χ1n) is 8.86. The molecule has 140 valence electrons. The second-order valence-electron chi connectivity index (χ2n) is 6.71. The molecule has 1 heterocycles. The summed E-state index contributed by atoms with van der Waals surface area (Å²) in [5, 5.41) is 3.30. The SMILES string of the molecule is O=S(=O)(c1ccccc1)N1C(=S)NC2=C(CCCC2)C1c1ccc(F)cc1. The molecule has 0 saturated carbocycles. The number of rotatable bonds is 3. The number of thiocarbonyl (C=S) groups is 1. The van der Waals surface area contributed by atoms with Gasteiger partial charge in [-0.3, -0.25) is 0 Å². The smallest absolute Gasteiger partial charge is 0.266 e. The molecule has 1 unspecified atom stereocenters. The number of hydrogen-bond donors (Lipinski definition) is 1. The van der Waals surface area contributed by atoms with Crippen molar-refractivity contribution in [2.45, 2.75) is 36.6 Å². The fourth-order valence-electron chi connectivity index (χ4n) is 3.75. The van der Waals surface area contributed by atoms with Gasteiger partial charge < -0.3 is 5.32 Å². The molecule has 2 aromatic rings. The van der Waals surface area contributed by atoms with E-state index in [1.807, 2.05) is 0 Å². The molecule has 0 bridgehead atoms. The van der Waals surface area contributed by atoms with Gasteiger partial charge in [-0.2, -0.15) is 0 Å². The Morgan fingerprint density at radius 3 is 2.37 bits per heavy atom. The van der Waals surface area contributed by atoms with Crippen LogP contribution in [0.25, 0.3) is 0 Å². The molecule has 7 heteroatoms. The van der Waals surface area contributed by atoms with Crippen LogP contribution in [0.4, 0.5) is 4.39 Å². The average molecular weight is 403 g/mol. The minimum Gasteiger partial charge on any atom is -0.335 e. The molecule has 0 saturated heterocycles. The van der Waals surface area contributed by atoms with Crippen molar-refractivity contribution < 1.29 is 12.8 Å². The van der Waals surface area contributed by atoms with E-state index in [0.29, 0.717) is 5.56 Å². The van der Waals surface area contributed by atoms with Crippen molar-refractivity contribution in [3.8, 4) is 0 Å². The average Bonchev–Trinajstić information content (AvgIpc) is 2.68. The third-order valence-corrected chi connectivity index (χ3v) is 7.21. The molecule has 4 nitrogen and oxygen atoms in total. The Labute approximate surface area is 163 Å². The quantitative estimate of drug-likeness (QED) is 0.779. The minimum atomic E-state index is -3.87. The third kappa shape index (κ3) is 3.26. The van der Waals surface area contributed by atoms with Gasteiger partial charge in [0.25, 0.3) is 10.0 Å². The molecule has 0 radical (unpaired) electrons. The lowest BCUT2D eigenvalue weighted by Gasteiger charge is -2.41. The van der Waals surface area contributed by atoms with Gasteiger partial charge in [-0.05, 0) is 73.3 Å². The second-order valence-corrected chi connectivity index (χ2v) is 8.91. The Morgan fingerprint density at radius 1 is 1.00 bits per heavy atom. The number of allylic oxidation sites excluding steroid dienone is 1. The number of halogens is 1. The van der Waals surface area contributed by atoms with E-state index in [9.17, 15) is 12.8 Å². The lowest BCUT2D eigenvalue weighted by Crippen LogP contribution is -2.50. The van der Waals surface area contributed by atoms with E-state index < -0.39 is 16.1 Å². The van der Waals surface area contributed by atoms with Crippen molar-refractivity contribution in [1.29, 1.82) is 0 Å². The number of benzene rings is 2. The molecular weight excluding hydrogens is 383 g/mol. The Bertz CT molecular complexity index is 1000. The van der Waals surface area contributed by atoms with E-state index >= 15 is 0 Å². The summed E-state index contributed by atoms with van der Waals surface area (Å²) in [6.45, 7) is 0. The highest BCUT2D eigenvalue weighted by Crippen LogP contribution is 2.42. The van der Waals surface area contributed by atoms with Crippen LogP contribution in [0.1, 0.15) is 37.3 Å². The maximum absolute atomic E-state index is 13.5. The van der Waals surface area contributed by atoms with Crippen LogP contribution in [0.5, 0.6) is 0 Å². The number of nitrogens with zero attached hydrogens (tertiary/aromatic N) is 1. The standard InChI is InChI=1S/C20H19FN2O2S2/c21-15-12-10-14(11-13-15)19-17-8-4-5-9-18(17)22-20(26)23(19)27(24,25)16-6-2-1-3-7-16/h1-3,6-7,10-13,19H,4-5,8-9H2,(H,22,26). The summed E-state index contributed by atoms with van der Waals surface area (Å²) in [6.07, 6.45) is 3.65. The Hall–Kier alpha value is -2.25. The van der Waals surface area contributed by atoms with Crippen LogP contribution in [-0.2, 0) is 10.0 Å². The van der Waals surface area contributed by atoms with E-state index in [0.717, 1.165) is 37.0 Å².